The fourth-order valence-corrected chi connectivity index (χ4v) is 7.75. The van der Waals surface area contributed by atoms with Gasteiger partial charge in [0, 0.05) is 43.6 Å². The van der Waals surface area contributed by atoms with Crippen LogP contribution < -0.4 is 0 Å². The van der Waals surface area contributed by atoms with E-state index in [0.29, 0.717) is 17.5 Å². The van der Waals surface area contributed by atoms with E-state index in [1.165, 1.54) is 0 Å². The van der Waals surface area contributed by atoms with Crippen LogP contribution in [0.4, 0.5) is 0 Å². The molecule has 54 heavy (non-hydrogen) atoms. The maximum atomic E-state index is 6.60. The number of hydrogen-bond donors (Lipinski definition) is 0. The number of para-hydroxylation sites is 1. The van der Waals surface area contributed by atoms with E-state index in [9.17, 15) is 0 Å². The van der Waals surface area contributed by atoms with Crippen LogP contribution in [0.25, 0.3) is 111 Å². The van der Waals surface area contributed by atoms with Gasteiger partial charge in [-0.05, 0) is 70.1 Å². The van der Waals surface area contributed by atoms with Crippen molar-refractivity contribution in [3.8, 4) is 56.4 Å². The van der Waals surface area contributed by atoms with Crippen LogP contribution in [-0.4, -0.2) is 15.0 Å². The minimum atomic E-state index is 0.581. The minimum absolute atomic E-state index is 0.581. The summed E-state index contributed by atoms with van der Waals surface area (Å²) in [6.45, 7) is 0. The highest BCUT2D eigenvalue weighted by atomic mass is 16.3. The number of furan rings is 2. The summed E-state index contributed by atoms with van der Waals surface area (Å²) in [5, 5.41) is 6.12. The van der Waals surface area contributed by atoms with E-state index >= 15 is 0 Å². The van der Waals surface area contributed by atoms with Gasteiger partial charge >= 0.3 is 0 Å². The molecule has 3 aromatic heterocycles. The first-order valence-electron chi connectivity index (χ1n) is 18.0. The average Bonchev–Trinajstić information content (AvgIpc) is 3.81. The van der Waals surface area contributed by atoms with Crippen molar-refractivity contribution in [2.24, 2.45) is 0 Å². The van der Waals surface area contributed by atoms with Crippen LogP contribution in [0.3, 0.4) is 0 Å². The first-order chi connectivity index (χ1) is 26.7. The molecule has 5 heteroatoms. The van der Waals surface area contributed by atoms with E-state index in [-0.39, 0.29) is 0 Å². The maximum absolute atomic E-state index is 6.60. The summed E-state index contributed by atoms with van der Waals surface area (Å²) in [5.74, 6) is 1.76. The van der Waals surface area contributed by atoms with Crippen LogP contribution in [-0.2, 0) is 0 Å². The topological polar surface area (TPSA) is 65.0 Å². The monoisotopic (exact) mass is 691 g/mol. The van der Waals surface area contributed by atoms with Crippen molar-refractivity contribution in [2.45, 2.75) is 0 Å². The van der Waals surface area contributed by atoms with Gasteiger partial charge in [-0.1, -0.05) is 133 Å². The lowest BCUT2D eigenvalue weighted by Crippen LogP contribution is -2.01. The Bertz CT molecular complexity index is 3220. The fourth-order valence-electron chi connectivity index (χ4n) is 7.75. The second-order valence-electron chi connectivity index (χ2n) is 13.6. The van der Waals surface area contributed by atoms with Gasteiger partial charge in [0.05, 0.1) is 0 Å². The number of benzene rings is 8. The van der Waals surface area contributed by atoms with Gasteiger partial charge in [0.2, 0.25) is 0 Å². The molecule has 11 aromatic rings. The molecule has 0 atom stereocenters. The number of hydrogen-bond acceptors (Lipinski definition) is 5. The van der Waals surface area contributed by atoms with Gasteiger partial charge in [-0.25, -0.2) is 15.0 Å². The molecule has 0 fully saturated rings. The second kappa shape index (κ2) is 12.1. The predicted molar refractivity (Wildman–Crippen MR) is 219 cm³/mol. The zero-order chi connectivity index (χ0) is 35.6. The lowest BCUT2D eigenvalue weighted by molar-refractivity contribution is 0.669. The van der Waals surface area contributed by atoms with Gasteiger partial charge in [-0.3, -0.25) is 0 Å². The molecule has 0 saturated carbocycles. The molecule has 0 aliphatic heterocycles. The Morgan fingerprint density at radius 1 is 0.278 bits per heavy atom. The van der Waals surface area contributed by atoms with E-state index in [0.717, 1.165) is 93.6 Å². The Morgan fingerprint density at radius 2 is 0.815 bits per heavy atom. The Hall–Kier alpha value is -7.37. The molecule has 0 spiro atoms. The minimum Gasteiger partial charge on any atom is -0.456 e. The summed E-state index contributed by atoms with van der Waals surface area (Å²) in [6, 6.07) is 60.4. The first kappa shape index (κ1) is 30.3. The molecular formula is C49H29N3O2. The predicted octanol–water partition coefficient (Wildman–Crippen LogP) is 13.2. The molecule has 3 heterocycles. The van der Waals surface area contributed by atoms with Crippen molar-refractivity contribution in [3.05, 3.63) is 176 Å². The lowest BCUT2D eigenvalue weighted by Gasteiger charge is -2.13. The van der Waals surface area contributed by atoms with Crippen LogP contribution in [0, 0.1) is 0 Å². The summed E-state index contributed by atoms with van der Waals surface area (Å²) in [6.07, 6.45) is 0. The van der Waals surface area contributed by atoms with E-state index in [1.807, 2.05) is 48.5 Å². The first-order valence-corrected chi connectivity index (χ1v) is 18.0. The van der Waals surface area contributed by atoms with E-state index in [2.05, 4.69) is 127 Å². The molecule has 11 rings (SSSR count). The Labute approximate surface area is 309 Å². The maximum Gasteiger partial charge on any atom is 0.164 e. The molecule has 0 N–H and O–H groups in total. The highest BCUT2D eigenvalue weighted by molar-refractivity contribution is 6.19. The van der Waals surface area contributed by atoms with Crippen molar-refractivity contribution in [1.82, 2.24) is 15.0 Å². The average molecular weight is 692 g/mol. The zero-order valence-electron chi connectivity index (χ0n) is 28.9. The number of rotatable bonds is 5. The molecule has 8 aromatic carbocycles. The van der Waals surface area contributed by atoms with E-state index < -0.39 is 0 Å². The second-order valence-corrected chi connectivity index (χ2v) is 13.6. The van der Waals surface area contributed by atoms with Gasteiger partial charge in [-0.2, -0.15) is 0 Å². The van der Waals surface area contributed by atoms with Crippen molar-refractivity contribution in [1.29, 1.82) is 0 Å². The SMILES string of the molecule is c1ccc(-c2ccc3oc4c5ccccc5c(-c5nc(-c6ccc7oc8ccccc8c7c6)nc(-c6ccccc6-c6ccccc6)n5)cc4c3c2)cc1. The quantitative estimate of drug-likeness (QED) is 0.180. The highest BCUT2D eigenvalue weighted by Crippen LogP contribution is 2.41. The van der Waals surface area contributed by atoms with Gasteiger partial charge in [0.15, 0.2) is 17.5 Å². The molecule has 0 unspecified atom stereocenters. The largest absolute Gasteiger partial charge is 0.456 e. The molecular weight excluding hydrogens is 663 g/mol. The summed E-state index contributed by atoms with van der Waals surface area (Å²) in [5.41, 5.74) is 10.5. The number of fused-ring (bicyclic) bond motifs is 8. The Kier molecular flexibility index (Phi) is 6.79. The number of aromatic nitrogens is 3. The van der Waals surface area contributed by atoms with Crippen molar-refractivity contribution in [2.75, 3.05) is 0 Å². The standard InChI is InChI=1S/C49H29N3O2/c1-3-13-30(14-4-1)32-23-25-45-40(27-32)41-29-42(35-18-8-9-20-37(35)46(41)54-45)49-51-47(33-24-26-44-39(28-33)36-19-11-12-22-43(36)53-44)50-48(52-49)38-21-10-7-17-34(38)31-15-5-2-6-16-31/h1-29H. The van der Waals surface area contributed by atoms with Crippen molar-refractivity contribution >= 4 is 54.6 Å². The van der Waals surface area contributed by atoms with E-state index in [4.69, 9.17) is 23.8 Å². The molecule has 5 nitrogen and oxygen atoms in total. The third kappa shape index (κ3) is 4.90. The molecule has 0 aliphatic carbocycles. The molecule has 0 aliphatic rings. The van der Waals surface area contributed by atoms with Crippen LogP contribution in [0.2, 0.25) is 0 Å². The third-order valence-corrected chi connectivity index (χ3v) is 10.3. The molecule has 0 saturated heterocycles. The smallest absolute Gasteiger partial charge is 0.164 e. The summed E-state index contributed by atoms with van der Waals surface area (Å²) >= 11 is 0. The van der Waals surface area contributed by atoms with Crippen molar-refractivity contribution in [3.63, 3.8) is 0 Å². The van der Waals surface area contributed by atoms with Crippen molar-refractivity contribution < 1.29 is 8.83 Å². The molecule has 0 amide bonds. The van der Waals surface area contributed by atoms with Gasteiger partial charge in [-0.15, -0.1) is 0 Å². The van der Waals surface area contributed by atoms with Crippen LogP contribution in [0.15, 0.2) is 185 Å². The normalized spacial score (nSPS) is 11.7. The lowest BCUT2D eigenvalue weighted by atomic mass is 9.97. The zero-order valence-corrected chi connectivity index (χ0v) is 28.9. The summed E-state index contributed by atoms with van der Waals surface area (Å²) in [7, 11) is 0. The van der Waals surface area contributed by atoms with Gasteiger partial charge in [0.1, 0.15) is 22.3 Å². The fraction of sp³-hybridized carbons (Fsp3) is 0. The number of nitrogens with zero attached hydrogens (tertiary/aromatic N) is 3. The highest BCUT2D eigenvalue weighted by Gasteiger charge is 2.21. The van der Waals surface area contributed by atoms with Crippen LogP contribution in [0.1, 0.15) is 0 Å². The summed E-state index contributed by atoms with van der Waals surface area (Å²) < 4.78 is 12.8. The van der Waals surface area contributed by atoms with Crippen LogP contribution >= 0.6 is 0 Å². The molecule has 252 valence electrons. The molecule has 0 bridgehead atoms. The Balaban J connectivity index is 1.19. The summed E-state index contributed by atoms with van der Waals surface area (Å²) in [4.78, 5) is 15.8. The van der Waals surface area contributed by atoms with Gasteiger partial charge < -0.3 is 8.83 Å². The van der Waals surface area contributed by atoms with Crippen LogP contribution in [0.5, 0.6) is 0 Å². The Morgan fingerprint density at radius 3 is 1.61 bits per heavy atom. The van der Waals surface area contributed by atoms with Gasteiger partial charge in [0.25, 0.3) is 0 Å². The van der Waals surface area contributed by atoms with E-state index in [1.54, 1.807) is 0 Å². The molecule has 0 radical (unpaired) electrons. The third-order valence-electron chi connectivity index (χ3n) is 10.3.